The van der Waals surface area contributed by atoms with Crippen molar-refractivity contribution in [3.8, 4) is 5.75 Å². The Bertz CT molecular complexity index is 742. The quantitative estimate of drug-likeness (QED) is 0.469. The van der Waals surface area contributed by atoms with Crippen molar-refractivity contribution in [3.63, 3.8) is 0 Å². The summed E-state index contributed by atoms with van der Waals surface area (Å²) in [7, 11) is 1.71. The molecule has 0 spiro atoms. The average molecular weight is 404 g/mol. The van der Waals surface area contributed by atoms with Crippen molar-refractivity contribution in [1.29, 1.82) is 0 Å². The van der Waals surface area contributed by atoms with E-state index in [1.165, 1.54) is 10.4 Å². The molecule has 0 aliphatic heterocycles. The lowest BCUT2D eigenvalue weighted by Crippen LogP contribution is -2.43. The van der Waals surface area contributed by atoms with Gasteiger partial charge in [0.1, 0.15) is 10.8 Å². The molecule has 1 aromatic carbocycles. The molecule has 0 radical (unpaired) electrons. The van der Waals surface area contributed by atoms with Gasteiger partial charge in [-0.25, -0.2) is 9.98 Å². The Hall–Kier alpha value is -2.12. The Morgan fingerprint density at radius 3 is 2.64 bits per heavy atom. The number of rotatable bonds is 10. The van der Waals surface area contributed by atoms with Gasteiger partial charge in [-0.1, -0.05) is 26.0 Å². The number of benzene rings is 1. The minimum absolute atomic E-state index is 0.232. The van der Waals surface area contributed by atoms with Crippen LogP contribution in [0.1, 0.15) is 42.3 Å². The van der Waals surface area contributed by atoms with Crippen LogP contribution in [0.5, 0.6) is 5.75 Å². The summed E-state index contributed by atoms with van der Waals surface area (Å²) in [5, 5.41) is 7.88. The number of methoxy groups -OCH3 is 1. The summed E-state index contributed by atoms with van der Waals surface area (Å²) in [5.74, 6) is 1.70. The highest BCUT2D eigenvalue weighted by molar-refractivity contribution is 7.11. The lowest BCUT2D eigenvalue weighted by Gasteiger charge is -2.31. The third-order valence-electron chi connectivity index (χ3n) is 4.58. The fraction of sp³-hybridized carbons (Fsp3) is 0.524. The van der Waals surface area contributed by atoms with Crippen LogP contribution < -0.4 is 15.4 Å². The van der Waals surface area contributed by atoms with Gasteiger partial charge in [-0.15, -0.1) is 11.3 Å². The number of guanidine groups is 1. The third-order valence-corrected chi connectivity index (χ3v) is 5.48. The number of aromatic nitrogens is 1. The van der Waals surface area contributed by atoms with Crippen LogP contribution in [0.25, 0.3) is 0 Å². The highest BCUT2D eigenvalue weighted by Gasteiger charge is 2.19. The number of nitrogens with one attached hydrogen (secondary N) is 2. The summed E-state index contributed by atoms with van der Waals surface area (Å²) in [6, 6.07) is 8.55. The summed E-state index contributed by atoms with van der Waals surface area (Å²) in [6.07, 6.45) is 1.90. The average Bonchev–Trinajstić information content (AvgIpc) is 3.14. The molecule has 6 nitrogen and oxygen atoms in total. The fourth-order valence-electron chi connectivity index (χ4n) is 3.13. The molecular weight excluding hydrogens is 370 g/mol. The fourth-order valence-corrected chi connectivity index (χ4v) is 3.84. The van der Waals surface area contributed by atoms with Crippen LogP contribution in [0.2, 0.25) is 0 Å². The van der Waals surface area contributed by atoms with Crippen molar-refractivity contribution in [1.82, 2.24) is 20.5 Å². The molecule has 28 heavy (non-hydrogen) atoms. The van der Waals surface area contributed by atoms with E-state index in [4.69, 9.17) is 9.73 Å². The highest BCUT2D eigenvalue weighted by atomic mass is 32.1. The van der Waals surface area contributed by atoms with E-state index >= 15 is 0 Å². The van der Waals surface area contributed by atoms with Gasteiger partial charge in [0, 0.05) is 24.2 Å². The highest BCUT2D eigenvalue weighted by Crippen LogP contribution is 2.23. The topological polar surface area (TPSA) is 61.8 Å². The molecule has 0 saturated heterocycles. The number of ether oxygens (including phenoxy) is 1. The molecule has 0 saturated carbocycles. The van der Waals surface area contributed by atoms with Crippen LogP contribution in [-0.2, 0) is 6.54 Å². The molecule has 1 unspecified atom stereocenters. The second-order valence-corrected chi connectivity index (χ2v) is 7.77. The normalized spacial score (nSPS) is 12.9. The Balaban J connectivity index is 2.13. The molecule has 0 bridgehead atoms. The third kappa shape index (κ3) is 6.49. The molecule has 7 heteroatoms. The molecule has 2 N–H and O–H groups in total. The Labute approximate surface area is 173 Å². The van der Waals surface area contributed by atoms with Gasteiger partial charge in [0.25, 0.3) is 0 Å². The molecule has 154 valence electrons. The molecule has 2 aromatic rings. The Kier molecular flexibility index (Phi) is 9.23. The van der Waals surface area contributed by atoms with Gasteiger partial charge >= 0.3 is 0 Å². The maximum absolute atomic E-state index is 5.42. The number of nitrogens with zero attached hydrogens (tertiary/aromatic N) is 3. The summed E-state index contributed by atoms with van der Waals surface area (Å²) < 4.78 is 5.42. The van der Waals surface area contributed by atoms with E-state index in [-0.39, 0.29) is 6.04 Å². The maximum Gasteiger partial charge on any atom is 0.191 e. The molecule has 1 aromatic heterocycles. The number of likely N-dealkylation sites (N-methyl/N-ethyl adjacent to an activating group) is 1. The first-order valence-electron chi connectivity index (χ1n) is 9.92. The standard InChI is InChI=1S/C21H33N5OS/c1-6-22-21(25-15-20-23-13-16(4)28-20)24-14-19(26(7-2)8-3)17-10-9-11-18(12-17)27-5/h9-13,19H,6-8,14-15H2,1-5H3,(H2,22,24,25). The van der Waals surface area contributed by atoms with Gasteiger partial charge in [0.05, 0.1) is 19.7 Å². The monoisotopic (exact) mass is 403 g/mol. The lowest BCUT2D eigenvalue weighted by molar-refractivity contribution is 0.218. The van der Waals surface area contributed by atoms with E-state index in [1.807, 2.05) is 12.3 Å². The van der Waals surface area contributed by atoms with Crippen molar-refractivity contribution < 1.29 is 4.74 Å². The Morgan fingerprint density at radius 1 is 1.25 bits per heavy atom. The maximum atomic E-state index is 5.42. The number of hydrogen-bond donors (Lipinski definition) is 2. The second-order valence-electron chi connectivity index (χ2n) is 6.45. The smallest absolute Gasteiger partial charge is 0.191 e. The van der Waals surface area contributed by atoms with Gasteiger partial charge in [-0.05, 0) is 44.6 Å². The molecule has 0 aliphatic rings. The van der Waals surface area contributed by atoms with Crippen LogP contribution in [-0.4, -0.2) is 49.1 Å². The summed E-state index contributed by atoms with van der Waals surface area (Å²) in [4.78, 5) is 12.8. The van der Waals surface area contributed by atoms with E-state index in [1.54, 1.807) is 18.4 Å². The second kappa shape index (κ2) is 11.7. The van der Waals surface area contributed by atoms with Gasteiger partial charge < -0.3 is 15.4 Å². The predicted molar refractivity (Wildman–Crippen MR) is 118 cm³/mol. The lowest BCUT2D eigenvalue weighted by atomic mass is 10.0. The summed E-state index contributed by atoms with van der Waals surface area (Å²) in [6.45, 7) is 12.7. The molecule has 1 atom stereocenters. The van der Waals surface area contributed by atoms with Gasteiger partial charge in [0.15, 0.2) is 5.96 Å². The van der Waals surface area contributed by atoms with Crippen LogP contribution in [0.3, 0.4) is 0 Å². The number of thiazole rings is 1. The predicted octanol–water partition coefficient (Wildman–Crippen LogP) is 3.60. The molecule has 0 aliphatic carbocycles. The minimum Gasteiger partial charge on any atom is -0.497 e. The first-order chi connectivity index (χ1) is 13.6. The van der Waals surface area contributed by atoms with Crippen LogP contribution in [0.15, 0.2) is 35.5 Å². The van der Waals surface area contributed by atoms with Gasteiger partial charge in [0.2, 0.25) is 0 Å². The SMILES string of the molecule is CCNC(=NCc1ncc(C)s1)NCC(c1cccc(OC)c1)N(CC)CC. The number of aliphatic imine (C=N–C) groups is 1. The van der Waals surface area contributed by atoms with Crippen molar-refractivity contribution in [3.05, 3.63) is 45.9 Å². The van der Waals surface area contributed by atoms with Crippen molar-refractivity contribution in [2.75, 3.05) is 33.3 Å². The largest absolute Gasteiger partial charge is 0.497 e. The Morgan fingerprint density at radius 2 is 2.04 bits per heavy atom. The van der Waals surface area contributed by atoms with Crippen molar-refractivity contribution >= 4 is 17.3 Å². The van der Waals surface area contributed by atoms with Crippen molar-refractivity contribution in [2.45, 2.75) is 40.3 Å². The van der Waals surface area contributed by atoms with E-state index in [0.717, 1.165) is 42.9 Å². The number of hydrogen-bond acceptors (Lipinski definition) is 5. The zero-order valence-electron chi connectivity index (χ0n) is 17.7. The zero-order valence-corrected chi connectivity index (χ0v) is 18.5. The van der Waals surface area contributed by atoms with E-state index < -0.39 is 0 Å². The molecule has 0 fully saturated rings. The van der Waals surface area contributed by atoms with E-state index in [2.05, 4.69) is 66.4 Å². The molecule has 1 heterocycles. The molecule has 0 amide bonds. The molecule has 2 rings (SSSR count). The first-order valence-corrected chi connectivity index (χ1v) is 10.7. The van der Waals surface area contributed by atoms with E-state index in [0.29, 0.717) is 6.54 Å². The van der Waals surface area contributed by atoms with E-state index in [9.17, 15) is 0 Å². The zero-order chi connectivity index (χ0) is 20.4. The van der Waals surface area contributed by atoms with Crippen LogP contribution in [0.4, 0.5) is 0 Å². The molecular formula is C21H33N5OS. The van der Waals surface area contributed by atoms with Crippen LogP contribution in [0, 0.1) is 6.92 Å². The van der Waals surface area contributed by atoms with Gasteiger partial charge in [-0.2, -0.15) is 0 Å². The van der Waals surface area contributed by atoms with Gasteiger partial charge in [-0.3, -0.25) is 4.90 Å². The summed E-state index contributed by atoms with van der Waals surface area (Å²) in [5.41, 5.74) is 1.24. The van der Waals surface area contributed by atoms with Crippen molar-refractivity contribution in [2.24, 2.45) is 4.99 Å². The number of aryl methyl sites for hydroxylation is 1. The minimum atomic E-state index is 0.232. The summed E-state index contributed by atoms with van der Waals surface area (Å²) >= 11 is 1.69. The van der Waals surface area contributed by atoms with Crippen LogP contribution >= 0.6 is 11.3 Å². The first kappa shape index (κ1) is 22.2.